The molecule has 1 aromatic rings. The Labute approximate surface area is 109 Å². The summed E-state index contributed by atoms with van der Waals surface area (Å²) < 4.78 is 5.53. The summed E-state index contributed by atoms with van der Waals surface area (Å²) in [6, 6.07) is 7.53. The number of rotatable bonds is 3. The lowest BCUT2D eigenvalue weighted by molar-refractivity contribution is 0.0757. The maximum Gasteiger partial charge on any atom is 0.257 e. The maximum absolute atomic E-state index is 12.5. The third-order valence-electron chi connectivity index (χ3n) is 3.31. The van der Waals surface area contributed by atoms with Gasteiger partial charge in [0.15, 0.2) is 0 Å². The minimum absolute atomic E-state index is 0.112. The van der Waals surface area contributed by atoms with Gasteiger partial charge < -0.3 is 9.64 Å². The van der Waals surface area contributed by atoms with Gasteiger partial charge >= 0.3 is 0 Å². The van der Waals surface area contributed by atoms with E-state index in [1.165, 1.54) is 12.8 Å². The van der Waals surface area contributed by atoms with Crippen LogP contribution in [0, 0.1) is 0 Å². The van der Waals surface area contributed by atoms with Crippen LogP contribution in [0.1, 0.15) is 43.0 Å². The molecule has 0 spiro atoms. The molecule has 0 aromatic heterocycles. The first kappa shape index (κ1) is 12.9. The first-order valence-corrected chi connectivity index (χ1v) is 6.84. The number of benzene rings is 1. The molecule has 98 valence electrons. The molecule has 1 amide bonds. The zero-order valence-electron chi connectivity index (χ0n) is 11.0. The number of nitrogens with zero attached hydrogens (tertiary/aromatic N) is 1. The zero-order valence-corrected chi connectivity index (χ0v) is 11.0. The molecule has 18 heavy (non-hydrogen) atoms. The first-order chi connectivity index (χ1) is 8.83. The van der Waals surface area contributed by atoms with Crippen molar-refractivity contribution in [3.63, 3.8) is 0 Å². The van der Waals surface area contributed by atoms with Crippen LogP contribution in [0.5, 0.6) is 5.75 Å². The predicted molar refractivity (Wildman–Crippen MR) is 72.0 cm³/mol. The molecule has 1 aliphatic heterocycles. The second-order valence-electron chi connectivity index (χ2n) is 4.64. The van der Waals surface area contributed by atoms with Gasteiger partial charge in [0.1, 0.15) is 5.75 Å². The van der Waals surface area contributed by atoms with Gasteiger partial charge in [0.2, 0.25) is 0 Å². The van der Waals surface area contributed by atoms with Crippen LogP contribution in [0.25, 0.3) is 0 Å². The Balaban J connectivity index is 2.16. The van der Waals surface area contributed by atoms with Crippen molar-refractivity contribution in [2.45, 2.75) is 32.6 Å². The van der Waals surface area contributed by atoms with E-state index in [1.54, 1.807) is 0 Å². The average molecular weight is 247 g/mol. The molecule has 3 nitrogen and oxygen atoms in total. The molecule has 2 rings (SSSR count). The van der Waals surface area contributed by atoms with Gasteiger partial charge in [-0.15, -0.1) is 0 Å². The van der Waals surface area contributed by atoms with Crippen LogP contribution < -0.4 is 4.74 Å². The molecule has 0 radical (unpaired) electrons. The van der Waals surface area contributed by atoms with Gasteiger partial charge in [-0.1, -0.05) is 25.0 Å². The monoisotopic (exact) mass is 247 g/mol. The number of para-hydroxylation sites is 1. The van der Waals surface area contributed by atoms with Crippen molar-refractivity contribution >= 4 is 5.91 Å². The zero-order chi connectivity index (χ0) is 12.8. The van der Waals surface area contributed by atoms with Crippen LogP contribution in [-0.4, -0.2) is 30.5 Å². The highest BCUT2D eigenvalue weighted by atomic mass is 16.5. The Kier molecular flexibility index (Phi) is 4.62. The van der Waals surface area contributed by atoms with E-state index in [1.807, 2.05) is 36.1 Å². The largest absolute Gasteiger partial charge is 0.493 e. The van der Waals surface area contributed by atoms with Gasteiger partial charge in [0.25, 0.3) is 5.91 Å². The summed E-state index contributed by atoms with van der Waals surface area (Å²) in [5.74, 6) is 0.815. The third kappa shape index (κ3) is 3.03. The first-order valence-electron chi connectivity index (χ1n) is 6.84. The molecule has 0 aliphatic carbocycles. The minimum atomic E-state index is 0.112. The summed E-state index contributed by atoms with van der Waals surface area (Å²) in [7, 11) is 0. The summed E-state index contributed by atoms with van der Waals surface area (Å²) in [6.45, 7) is 4.27. The van der Waals surface area contributed by atoms with Gasteiger partial charge in [-0.25, -0.2) is 0 Å². The van der Waals surface area contributed by atoms with E-state index in [9.17, 15) is 4.79 Å². The van der Waals surface area contributed by atoms with Crippen molar-refractivity contribution in [1.29, 1.82) is 0 Å². The summed E-state index contributed by atoms with van der Waals surface area (Å²) in [6.07, 6.45) is 4.69. The lowest BCUT2D eigenvalue weighted by atomic mass is 10.1. The van der Waals surface area contributed by atoms with E-state index in [2.05, 4.69) is 0 Å². The van der Waals surface area contributed by atoms with E-state index in [0.717, 1.165) is 25.9 Å². The van der Waals surface area contributed by atoms with Gasteiger partial charge in [0, 0.05) is 13.1 Å². The number of likely N-dealkylation sites (tertiary alicyclic amines) is 1. The van der Waals surface area contributed by atoms with Crippen LogP contribution in [0.4, 0.5) is 0 Å². The average Bonchev–Trinajstić information content (AvgIpc) is 2.68. The van der Waals surface area contributed by atoms with Crippen molar-refractivity contribution in [2.75, 3.05) is 19.7 Å². The van der Waals surface area contributed by atoms with Crippen molar-refractivity contribution in [3.8, 4) is 5.75 Å². The Morgan fingerprint density at radius 2 is 1.83 bits per heavy atom. The van der Waals surface area contributed by atoms with Crippen LogP contribution >= 0.6 is 0 Å². The predicted octanol–water partition coefficient (Wildman–Crippen LogP) is 3.10. The fraction of sp³-hybridized carbons (Fsp3) is 0.533. The highest BCUT2D eigenvalue weighted by Crippen LogP contribution is 2.21. The van der Waals surface area contributed by atoms with Gasteiger partial charge in [0.05, 0.1) is 12.2 Å². The Morgan fingerprint density at radius 1 is 1.17 bits per heavy atom. The quantitative estimate of drug-likeness (QED) is 0.821. The summed E-state index contributed by atoms with van der Waals surface area (Å²) in [5, 5.41) is 0. The molecule has 1 fully saturated rings. The van der Waals surface area contributed by atoms with Crippen LogP contribution in [0.3, 0.4) is 0 Å². The number of ether oxygens (including phenoxy) is 1. The molecule has 3 heteroatoms. The molecule has 1 heterocycles. The molecular weight excluding hydrogens is 226 g/mol. The summed E-state index contributed by atoms with van der Waals surface area (Å²) in [5.41, 5.74) is 0.696. The fourth-order valence-corrected chi connectivity index (χ4v) is 2.37. The molecule has 1 aromatic carbocycles. The number of amides is 1. The smallest absolute Gasteiger partial charge is 0.257 e. The van der Waals surface area contributed by atoms with E-state index < -0.39 is 0 Å². The highest BCUT2D eigenvalue weighted by molar-refractivity contribution is 5.96. The van der Waals surface area contributed by atoms with E-state index in [-0.39, 0.29) is 5.91 Å². The molecule has 1 aliphatic rings. The summed E-state index contributed by atoms with van der Waals surface area (Å²) >= 11 is 0. The van der Waals surface area contributed by atoms with Gasteiger partial charge in [-0.2, -0.15) is 0 Å². The SMILES string of the molecule is CCOc1ccccc1C(=O)N1CCCCCC1. The minimum Gasteiger partial charge on any atom is -0.493 e. The number of hydrogen-bond acceptors (Lipinski definition) is 2. The van der Waals surface area contributed by atoms with E-state index >= 15 is 0 Å². The third-order valence-corrected chi connectivity index (χ3v) is 3.31. The Hall–Kier alpha value is -1.51. The van der Waals surface area contributed by atoms with Crippen LogP contribution in [0.15, 0.2) is 24.3 Å². The van der Waals surface area contributed by atoms with Crippen molar-refractivity contribution in [2.24, 2.45) is 0 Å². The standard InChI is InChI=1S/C15H21NO2/c1-2-18-14-10-6-5-9-13(14)15(17)16-11-7-3-4-8-12-16/h5-6,9-10H,2-4,7-8,11-12H2,1H3. The second kappa shape index (κ2) is 6.43. The van der Waals surface area contributed by atoms with Crippen LogP contribution in [-0.2, 0) is 0 Å². The van der Waals surface area contributed by atoms with Crippen molar-refractivity contribution in [3.05, 3.63) is 29.8 Å². The van der Waals surface area contributed by atoms with Crippen molar-refractivity contribution < 1.29 is 9.53 Å². The molecule has 1 saturated heterocycles. The van der Waals surface area contributed by atoms with Crippen molar-refractivity contribution in [1.82, 2.24) is 4.90 Å². The molecular formula is C15H21NO2. The number of hydrogen-bond donors (Lipinski definition) is 0. The Morgan fingerprint density at radius 3 is 2.50 bits per heavy atom. The lowest BCUT2D eigenvalue weighted by Gasteiger charge is -2.21. The molecule has 0 unspecified atom stereocenters. The molecule has 0 bridgehead atoms. The van der Waals surface area contributed by atoms with Gasteiger partial charge in [-0.3, -0.25) is 4.79 Å². The normalized spacial score (nSPS) is 16.2. The van der Waals surface area contributed by atoms with Gasteiger partial charge in [-0.05, 0) is 31.9 Å². The lowest BCUT2D eigenvalue weighted by Crippen LogP contribution is -2.32. The van der Waals surface area contributed by atoms with E-state index in [4.69, 9.17) is 4.74 Å². The second-order valence-corrected chi connectivity index (χ2v) is 4.64. The Bertz CT molecular complexity index is 395. The topological polar surface area (TPSA) is 29.5 Å². The molecule has 0 N–H and O–H groups in total. The van der Waals surface area contributed by atoms with E-state index in [0.29, 0.717) is 17.9 Å². The number of carbonyl (C=O) groups is 1. The molecule has 0 atom stereocenters. The molecule has 0 saturated carbocycles. The highest BCUT2D eigenvalue weighted by Gasteiger charge is 2.20. The summed E-state index contributed by atoms with van der Waals surface area (Å²) in [4.78, 5) is 14.5. The maximum atomic E-state index is 12.5. The van der Waals surface area contributed by atoms with Crippen LogP contribution in [0.2, 0.25) is 0 Å². The fourth-order valence-electron chi connectivity index (χ4n) is 2.37. The number of carbonyl (C=O) groups excluding carboxylic acids is 1.